The average molecular weight is 181 g/mol. The molecule has 0 bridgehead atoms. The van der Waals surface area contributed by atoms with Gasteiger partial charge < -0.3 is 9.64 Å². The third kappa shape index (κ3) is 2.48. The van der Waals surface area contributed by atoms with E-state index in [1.54, 1.807) is 0 Å². The van der Waals surface area contributed by atoms with Gasteiger partial charge in [-0.05, 0) is 12.8 Å². The number of rotatable bonds is 1. The summed E-state index contributed by atoms with van der Waals surface area (Å²) in [6.07, 6.45) is 6.78. The number of carbonyl (C=O) groups excluding carboxylic acids is 2. The first-order valence-corrected chi connectivity index (χ1v) is 4.15. The standard InChI is InChI=1S/C9H11NO3/c1-2-7-13-9(12)8(11)10-5-3-4-6-10/h1H,3-7H2. The molecule has 13 heavy (non-hydrogen) atoms. The zero-order valence-electron chi connectivity index (χ0n) is 7.28. The van der Waals surface area contributed by atoms with Gasteiger partial charge in [-0.15, -0.1) is 6.42 Å². The number of carbonyl (C=O) groups is 2. The minimum atomic E-state index is -0.847. The molecule has 1 aliphatic heterocycles. The molecule has 0 atom stereocenters. The molecule has 1 fully saturated rings. The van der Waals surface area contributed by atoms with Crippen molar-refractivity contribution in [3.8, 4) is 12.3 Å². The van der Waals surface area contributed by atoms with E-state index >= 15 is 0 Å². The zero-order chi connectivity index (χ0) is 9.68. The number of terminal acetylenes is 1. The van der Waals surface area contributed by atoms with Crippen molar-refractivity contribution < 1.29 is 14.3 Å². The maximum Gasteiger partial charge on any atom is 0.397 e. The summed E-state index contributed by atoms with van der Waals surface area (Å²) in [5.74, 6) is 0.707. The number of hydrogen-bond acceptors (Lipinski definition) is 3. The molecule has 0 aliphatic carbocycles. The molecule has 70 valence electrons. The average Bonchev–Trinajstić information content (AvgIpc) is 2.65. The fraction of sp³-hybridized carbons (Fsp3) is 0.556. The molecule has 1 rings (SSSR count). The first kappa shape index (κ1) is 9.59. The number of nitrogens with zero attached hydrogens (tertiary/aromatic N) is 1. The van der Waals surface area contributed by atoms with Crippen molar-refractivity contribution in [2.45, 2.75) is 12.8 Å². The van der Waals surface area contributed by atoms with Crippen molar-refractivity contribution in [3.63, 3.8) is 0 Å². The van der Waals surface area contributed by atoms with Gasteiger partial charge in [-0.3, -0.25) is 4.79 Å². The van der Waals surface area contributed by atoms with Crippen LogP contribution in [0.15, 0.2) is 0 Å². The number of amides is 1. The van der Waals surface area contributed by atoms with Gasteiger partial charge in [0.05, 0.1) is 0 Å². The Kier molecular flexibility index (Phi) is 3.32. The van der Waals surface area contributed by atoms with Gasteiger partial charge in [0.15, 0.2) is 6.61 Å². The number of likely N-dealkylation sites (tertiary alicyclic amines) is 1. The third-order valence-corrected chi connectivity index (χ3v) is 1.85. The van der Waals surface area contributed by atoms with Crippen LogP contribution in [-0.4, -0.2) is 36.5 Å². The molecule has 0 N–H and O–H groups in total. The summed E-state index contributed by atoms with van der Waals surface area (Å²) >= 11 is 0. The Labute approximate surface area is 76.8 Å². The Morgan fingerprint density at radius 2 is 2.00 bits per heavy atom. The van der Waals surface area contributed by atoms with Crippen LogP contribution in [0.2, 0.25) is 0 Å². The predicted octanol–water partition coefficient (Wildman–Crippen LogP) is -0.215. The van der Waals surface area contributed by atoms with Crippen molar-refractivity contribution in [2.24, 2.45) is 0 Å². The summed E-state index contributed by atoms with van der Waals surface area (Å²) in [5, 5.41) is 0. The van der Waals surface area contributed by atoms with Crippen LogP contribution < -0.4 is 0 Å². The van der Waals surface area contributed by atoms with Crippen LogP contribution in [0.5, 0.6) is 0 Å². The topological polar surface area (TPSA) is 46.6 Å². The first-order valence-electron chi connectivity index (χ1n) is 4.15. The highest BCUT2D eigenvalue weighted by molar-refractivity contribution is 6.32. The van der Waals surface area contributed by atoms with E-state index in [0.29, 0.717) is 13.1 Å². The molecule has 0 spiro atoms. The minimum absolute atomic E-state index is 0.140. The van der Waals surface area contributed by atoms with Crippen LogP contribution in [0, 0.1) is 12.3 Å². The molecule has 4 nitrogen and oxygen atoms in total. The van der Waals surface area contributed by atoms with Crippen molar-refractivity contribution in [1.29, 1.82) is 0 Å². The molecular formula is C9H11NO3. The second-order valence-electron chi connectivity index (χ2n) is 2.78. The van der Waals surface area contributed by atoms with Crippen LogP contribution in [-0.2, 0) is 14.3 Å². The number of ether oxygens (including phenoxy) is 1. The molecule has 0 unspecified atom stereocenters. The second kappa shape index (κ2) is 4.51. The Morgan fingerprint density at radius 3 is 2.54 bits per heavy atom. The molecule has 4 heteroatoms. The normalized spacial score (nSPS) is 15.2. The van der Waals surface area contributed by atoms with Gasteiger partial charge in [-0.2, -0.15) is 0 Å². The Morgan fingerprint density at radius 1 is 1.38 bits per heavy atom. The van der Waals surface area contributed by atoms with Gasteiger partial charge in [0.2, 0.25) is 0 Å². The van der Waals surface area contributed by atoms with Gasteiger partial charge in [-0.25, -0.2) is 4.79 Å². The quantitative estimate of drug-likeness (QED) is 0.319. The molecule has 1 aliphatic rings. The molecule has 0 saturated carbocycles. The van der Waals surface area contributed by atoms with Crippen LogP contribution in [0.4, 0.5) is 0 Å². The van der Waals surface area contributed by atoms with Crippen LogP contribution in [0.25, 0.3) is 0 Å². The smallest absolute Gasteiger partial charge is 0.397 e. The largest absolute Gasteiger partial charge is 0.445 e. The van der Waals surface area contributed by atoms with E-state index in [9.17, 15) is 9.59 Å². The summed E-state index contributed by atoms with van der Waals surface area (Å²) in [6, 6.07) is 0. The summed E-state index contributed by atoms with van der Waals surface area (Å²) < 4.78 is 4.50. The van der Waals surface area contributed by atoms with E-state index in [1.165, 1.54) is 4.90 Å². The molecule has 1 heterocycles. The lowest BCUT2D eigenvalue weighted by Gasteiger charge is -2.12. The van der Waals surface area contributed by atoms with E-state index in [1.807, 2.05) is 0 Å². The predicted molar refractivity (Wildman–Crippen MR) is 45.6 cm³/mol. The van der Waals surface area contributed by atoms with Crippen molar-refractivity contribution in [2.75, 3.05) is 19.7 Å². The van der Waals surface area contributed by atoms with Gasteiger partial charge in [0.1, 0.15) is 0 Å². The Bertz CT molecular complexity index is 248. The Balaban J connectivity index is 2.38. The van der Waals surface area contributed by atoms with Crippen LogP contribution in [0.3, 0.4) is 0 Å². The first-order chi connectivity index (χ1) is 6.25. The Hall–Kier alpha value is -1.50. The number of esters is 1. The van der Waals surface area contributed by atoms with Crippen molar-refractivity contribution in [3.05, 3.63) is 0 Å². The molecule has 1 amide bonds. The van der Waals surface area contributed by atoms with E-state index in [2.05, 4.69) is 10.7 Å². The highest BCUT2D eigenvalue weighted by Crippen LogP contribution is 2.07. The highest BCUT2D eigenvalue weighted by Gasteiger charge is 2.25. The molecule has 0 radical (unpaired) electrons. The summed E-state index contributed by atoms with van der Waals surface area (Å²) in [5.41, 5.74) is 0. The molecule has 0 aromatic carbocycles. The summed E-state index contributed by atoms with van der Waals surface area (Å²) in [4.78, 5) is 23.7. The highest BCUT2D eigenvalue weighted by atomic mass is 16.5. The van der Waals surface area contributed by atoms with E-state index in [4.69, 9.17) is 6.42 Å². The zero-order valence-corrected chi connectivity index (χ0v) is 7.28. The van der Waals surface area contributed by atoms with E-state index < -0.39 is 11.9 Å². The maximum atomic E-state index is 11.2. The molecule has 0 aromatic heterocycles. The maximum absolute atomic E-state index is 11.2. The summed E-state index contributed by atoms with van der Waals surface area (Å²) in [6.45, 7) is 1.15. The van der Waals surface area contributed by atoms with Crippen molar-refractivity contribution in [1.82, 2.24) is 4.90 Å². The molecular weight excluding hydrogens is 170 g/mol. The van der Waals surface area contributed by atoms with Gasteiger partial charge >= 0.3 is 11.9 Å². The minimum Gasteiger partial charge on any atom is -0.445 e. The lowest BCUT2D eigenvalue weighted by Crippen LogP contribution is -2.35. The molecule has 1 saturated heterocycles. The fourth-order valence-electron chi connectivity index (χ4n) is 1.22. The van der Waals surface area contributed by atoms with Crippen molar-refractivity contribution >= 4 is 11.9 Å². The van der Waals surface area contributed by atoms with Gasteiger partial charge in [0, 0.05) is 13.1 Å². The second-order valence-corrected chi connectivity index (χ2v) is 2.78. The van der Waals surface area contributed by atoms with Gasteiger partial charge in [-0.1, -0.05) is 5.92 Å². The lowest BCUT2D eigenvalue weighted by atomic mass is 10.4. The lowest BCUT2D eigenvalue weighted by molar-refractivity contribution is -0.158. The third-order valence-electron chi connectivity index (χ3n) is 1.85. The monoisotopic (exact) mass is 181 g/mol. The van der Waals surface area contributed by atoms with E-state index in [0.717, 1.165) is 12.8 Å². The van der Waals surface area contributed by atoms with Gasteiger partial charge in [0.25, 0.3) is 0 Å². The van der Waals surface area contributed by atoms with E-state index in [-0.39, 0.29) is 6.61 Å². The summed E-state index contributed by atoms with van der Waals surface area (Å²) in [7, 11) is 0. The fourth-order valence-corrected chi connectivity index (χ4v) is 1.22. The number of hydrogen-bond donors (Lipinski definition) is 0. The SMILES string of the molecule is C#CCOC(=O)C(=O)N1CCCC1. The molecule has 0 aromatic rings. The van der Waals surface area contributed by atoms with Crippen LogP contribution >= 0.6 is 0 Å². The van der Waals surface area contributed by atoms with Crippen LogP contribution in [0.1, 0.15) is 12.8 Å².